The number of carbonyl (C=O) groups is 3. The lowest BCUT2D eigenvalue weighted by atomic mass is 9.93. The van der Waals surface area contributed by atoms with Gasteiger partial charge in [0.25, 0.3) is 11.8 Å². The van der Waals surface area contributed by atoms with E-state index in [1.54, 1.807) is 29.6 Å². The van der Waals surface area contributed by atoms with Gasteiger partial charge in [-0.05, 0) is 60.2 Å². The van der Waals surface area contributed by atoms with Gasteiger partial charge in [0.15, 0.2) is 0 Å². The van der Waals surface area contributed by atoms with Crippen molar-refractivity contribution in [1.29, 1.82) is 0 Å². The van der Waals surface area contributed by atoms with Gasteiger partial charge in [-0.3, -0.25) is 19.9 Å². The third-order valence-electron chi connectivity index (χ3n) is 6.48. The van der Waals surface area contributed by atoms with E-state index in [-0.39, 0.29) is 18.5 Å². The monoisotopic (exact) mass is 494 g/mol. The number of hydrogen-bond acceptors (Lipinski definition) is 6. The lowest BCUT2D eigenvalue weighted by molar-refractivity contribution is -0.139. The molecule has 4 amide bonds. The molecule has 176 valence electrons. The molecule has 2 N–H and O–H groups in total. The Kier molecular flexibility index (Phi) is 6.24. The number of thiophene rings is 2. The first-order valence-electron chi connectivity index (χ1n) is 11.3. The molecular weight excluding hydrogens is 468 g/mol. The van der Waals surface area contributed by atoms with Crippen LogP contribution in [0.1, 0.15) is 40.3 Å². The van der Waals surface area contributed by atoms with Gasteiger partial charge in [-0.15, -0.1) is 22.7 Å². The molecule has 2 aliphatic rings. The van der Waals surface area contributed by atoms with E-state index in [0.29, 0.717) is 12.8 Å². The number of imide groups is 1. The van der Waals surface area contributed by atoms with E-state index in [1.165, 1.54) is 15.3 Å². The molecule has 1 fully saturated rings. The van der Waals surface area contributed by atoms with Gasteiger partial charge in [-0.2, -0.15) is 5.01 Å². The third-order valence-corrected chi connectivity index (χ3v) is 8.40. The van der Waals surface area contributed by atoms with Crippen LogP contribution < -0.4 is 10.7 Å². The van der Waals surface area contributed by atoms with Gasteiger partial charge >= 0.3 is 6.03 Å². The third kappa shape index (κ3) is 4.38. The lowest BCUT2D eigenvalue weighted by Crippen LogP contribution is -2.52. The Morgan fingerprint density at radius 3 is 2.71 bits per heavy atom. The summed E-state index contributed by atoms with van der Waals surface area (Å²) in [6, 6.07) is 15.5. The largest absolute Gasteiger partial charge is 0.344 e. The van der Waals surface area contributed by atoms with Crippen molar-refractivity contribution in [2.45, 2.75) is 37.8 Å². The summed E-state index contributed by atoms with van der Waals surface area (Å²) in [7, 11) is 0. The van der Waals surface area contributed by atoms with Gasteiger partial charge < -0.3 is 5.32 Å². The summed E-state index contributed by atoms with van der Waals surface area (Å²) in [5.41, 5.74) is 3.82. The Bertz CT molecular complexity index is 1190. The number of hydrazine groups is 1. The second-order valence-corrected chi connectivity index (χ2v) is 10.8. The fourth-order valence-electron chi connectivity index (χ4n) is 4.66. The topological polar surface area (TPSA) is 81.8 Å². The van der Waals surface area contributed by atoms with E-state index in [4.69, 9.17) is 0 Å². The first kappa shape index (κ1) is 22.8. The number of nitrogens with zero attached hydrogens (tertiary/aromatic N) is 2. The number of benzene rings is 1. The summed E-state index contributed by atoms with van der Waals surface area (Å²) < 4.78 is 0. The number of rotatable bonds is 7. The maximum Gasteiger partial charge on any atom is 0.344 e. The summed E-state index contributed by atoms with van der Waals surface area (Å²) >= 11 is 3.42. The lowest BCUT2D eigenvalue weighted by Gasteiger charge is -2.35. The quantitative estimate of drug-likeness (QED) is 0.491. The zero-order chi connectivity index (χ0) is 23.7. The first-order valence-corrected chi connectivity index (χ1v) is 13.0. The van der Waals surface area contributed by atoms with Crippen LogP contribution in [0.2, 0.25) is 0 Å². The van der Waals surface area contributed by atoms with E-state index < -0.39 is 17.5 Å². The highest BCUT2D eigenvalue weighted by atomic mass is 32.1. The smallest absolute Gasteiger partial charge is 0.322 e. The number of urea groups is 1. The number of amides is 4. The van der Waals surface area contributed by atoms with Crippen molar-refractivity contribution in [3.8, 4) is 0 Å². The summed E-state index contributed by atoms with van der Waals surface area (Å²) in [5.74, 6) is -0.814. The van der Waals surface area contributed by atoms with Crippen molar-refractivity contribution in [1.82, 2.24) is 20.7 Å². The number of carbonyl (C=O) groups excluding carboxylic acids is 3. The minimum Gasteiger partial charge on any atom is -0.322 e. The van der Waals surface area contributed by atoms with Crippen molar-refractivity contribution in [3.63, 3.8) is 0 Å². The number of aryl methyl sites for hydroxylation is 1. The zero-order valence-corrected chi connectivity index (χ0v) is 20.5. The maximum atomic E-state index is 13.1. The highest BCUT2D eigenvalue weighted by molar-refractivity contribution is 7.10. The van der Waals surface area contributed by atoms with E-state index >= 15 is 0 Å². The molecule has 0 radical (unpaired) electrons. The molecule has 5 rings (SSSR count). The van der Waals surface area contributed by atoms with Crippen LogP contribution >= 0.6 is 22.7 Å². The van der Waals surface area contributed by atoms with E-state index in [9.17, 15) is 14.4 Å². The summed E-state index contributed by atoms with van der Waals surface area (Å²) in [6.45, 7) is 2.53. The molecule has 9 heteroatoms. The van der Waals surface area contributed by atoms with E-state index in [0.717, 1.165) is 23.5 Å². The summed E-state index contributed by atoms with van der Waals surface area (Å²) in [4.78, 5) is 43.3. The predicted molar refractivity (Wildman–Crippen MR) is 132 cm³/mol. The van der Waals surface area contributed by atoms with E-state index in [1.807, 2.05) is 41.8 Å². The molecule has 34 heavy (non-hydrogen) atoms. The fourth-order valence-corrected chi connectivity index (χ4v) is 6.44. The average molecular weight is 495 g/mol. The Labute approximate surface area is 206 Å². The molecule has 0 spiro atoms. The molecule has 2 unspecified atom stereocenters. The number of nitrogens with one attached hydrogen (secondary N) is 2. The van der Waals surface area contributed by atoms with Crippen LogP contribution in [0.5, 0.6) is 0 Å². The molecule has 3 aromatic rings. The van der Waals surface area contributed by atoms with Gasteiger partial charge in [-0.25, -0.2) is 4.79 Å². The molecule has 0 saturated carbocycles. The fraction of sp³-hybridized carbons (Fsp3) is 0.320. The van der Waals surface area contributed by atoms with Gasteiger partial charge in [0, 0.05) is 16.3 Å². The normalized spacial score (nSPS) is 22.5. The Morgan fingerprint density at radius 2 is 1.94 bits per heavy atom. The van der Waals surface area contributed by atoms with Gasteiger partial charge in [0.2, 0.25) is 0 Å². The van der Waals surface area contributed by atoms with Gasteiger partial charge in [-0.1, -0.05) is 36.4 Å². The van der Waals surface area contributed by atoms with Crippen molar-refractivity contribution >= 4 is 40.5 Å². The molecule has 2 aliphatic heterocycles. The SMILES string of the molecule is CC1(CCc2ccccc2)NC(=O)N(NC(=O)CN2CCc3sccc3C2c2cccs2)C1=O. The minimum absolute atomic E-state index is 0.00000521. The average Bonchev–Trinajstić information content (AvgIpc) is 3.57. The van der Waals surface area contributed by atoms with Crippen LogP contribution in [0.3, 0.4) is 0 Å². The van der Waals surface area contributed by atoms with E-state index in [2.05, 4.69) is 33.2 Å². The molecule has 2 atom stereocenters. The van der Waals surface area contributed by atoms with Crippen molar-refractivity contribution in [2.24, 2.45) is 0 Å². The second kappa shape index (κ2) is 9.32. The van der Waals surface area contributed by atoms with Crippen LogP contribution in [-0.2, 0) is 22.4 Å². The van der Waals surface area contributed by atoms with Crippen LogP contribution in [0, 0.1) is 0 Å². The first-order chi connectivity index (χ1) is 16.4. The van der Waals surface area contributed by atoms with Crippen LogP contribution in [0.25, 0.3) is 0 Å². The molecule has 1 saturated heterocycles. The molecule has 2 aromatic heterocycles. The Morgan fingerprint density at radius 1 is 1.12 bits per heavy atom. The Balaban J connectivity index is 1.25. The maximum absolute atomic E-state index is 13.1. The van der Waals surface area contributed by atoms with Crippen molar-refractivity contribution < 1.29 is 14.4 Å². The molecule has 0 aliphatic carbocycles. The molecular formula is C25H26N4O3S2. The standard InChI is InChI=1S/C25H26N4O3S2/c1-25(12-9-17-6-3-2-4-7-17)23(31)29(24(32)26-25)27-21(30)16-28-13-10-19-18(11-15-34-19)22(28)20-8-5-14-33-20/h2-8,11,14-15,22H,9-10,12-13,16H2,1H3,(H,26,32)(H,27,30). The molecule has 4 heterocycles. The van der Waals surface area contributed by atoms with Crippen molar-refractivity contribution in [3.05, 3.63) is 80.2 Å². The van der Waals surface area contributed by atoms with Crippen LogP contribution in [0.4, 0.5) is 4.79 Å². The number of fused-ring (bicyclic) bond motifs is 1. The van der Waals surface area contributed by atoms with Crippen LogP contribution in [0.15, 0.2) is 59.3 Å². The van der Waals surface area contributed by atoms with Crippen LogP contribution in [-0.4, -0.2) is 46.4 Å². The molecule has 1 aromatic carbocycles. The zero-order valence-electron chi connectivity index (χ0n) is 18.8. The second-order valence-electron chi connectivity index (χ2n) is 8.86. The summed E-state index contributed by atoms with van der Waals surface area (Å²) in [5, 5.41) is 7.74. The minimum atomic E-state index is -1.06. The van der Waals surface area contributed by atoms with Crippen molar-refractivity contribution in [2.75, 3.05) is 13.1 Å². The van der Waals surface area contributed by atoms with Gasteiger partial charge in [0.05, 0.1) is 12.6 Å². The Hall–Kier alpha value is -3.01. The highest BCUT2D eigenvalue weighted by Crippen LogP contribution is 2.39. The predicted octanol–water partition coefficient (Wildman–Crippen LogP) is 3.73. The van der Waals surface area contributed by atoms with Gasteiger partial charge in [0.1, 0.15) is 5.54 Å². The number of hydrogen-bond donors (Lipinski definition) is 2. The summed E-state index contributed by atoms with van der Waals surface area (Å²) in [6.07, 6.45) is 1.97. The molecule has 0 bridgehead atoms. The molecule has 7 nitrogen and oxygen atoms in total. The highest BCUT2D eigenvalue weighted by Gasteiger charge is 2.48.